The maximum atomic E-state index is 10.3. The molecule has 0 fully saturated rings. The second-order valence-corrected chi connectivity index (χ2v) is 4.35. The van der Waals surface area contributed by atoms with Crippen LogP contribution in [0.4, 0.5) is 0 Å². The molecule has 0 aromatic heterocycles. The summed E-state index contributed by atoms with van der Waals surface area (Å²) in [6.07, 6.45) is 7.02. The monoisotopic (exact) mass is 191 g/mol. The summed E-state index contributed by atoms with van der Waals surface area (Å²) in [5, 5.41) is 2.74. The average molecular weight is 191 g/mol. The van der Waals surface area contributed by atoms with E-state index in [1.807, 2.05) is 12.2 Å². The van der Waals surface area contributed by atoms with E-state index in [-0.39, 0.29) is 11.9 Å². The van der Waals surface area contributed by atoms with E-state index in [2.05, 4.69) is 5.32 Å². The molecule has 1 atom stereocenters. The predicted molar refractivity (Wildman–Crippen MR) is 46.3 cm³/mol. The van der Waals surface area contributed by atoms with Gasteiger partial charge in [-0.15, -0.1) is 0 Å². The number of hydrogen-bond donors (Lipinski definition) is 2. The molecular weight excluding hydrogens is 178 g/mol. The first kappa shape index (κ1) is 9.70. The molecule has 0 bridgehead atoms. The standard InChI is InChI=1S/C7H13NO3S/c9-12(10,11)6-8-7-4-2-1-3-5-7/h2,4,7-8H,1,3,5-6H2,(H,9,10,11). The first-order chi connectivity index (χ1) is 5.58. The molecule has 1 unspecified atom stereocenters. The van der Waals surface area contributed by atoms with E-state index < -0.39 is 10.1 Å². The van der Waals surface area contributed by atoms with Crippen molar-refractivity contribution < 1.29 is 13.0 Å². The Balaban J connectivity index is 2.32. The van der Waals surface area contributed by atoms with Gasteiger partial charge >= 0.3 is 0 Å². The molecule has 2 N–H and O–H groups in total. The van der Waals surface area contributed by atoms with Crippen LogP contribution in [0.2, 0.25) is 0 Å². The lowest BCUT2D eigenvalue weighted by molar-refractivity contribution is 0.466. The Morgan fingerprint density at radius 1 is 1.58 bits per heavy atom. The van der Waals surface area contributed by atoms with Crippen LogP contribution < -0.4 is 5.32 Å². The zero-order valence-electron chi connectivity index (χ0n) is 6.73. The van der Waals surface area contributed by atoms with Crippen LogP contribution in [0, 0.1) is 0 Å². The fraction of sp³-hybridized carbons (Fsp3) is 0.714. The summed E-state index contributed by atoms with van der Waals surface area (Å²) >= 11 is 0. The molecule has 1 rings (SSSR count). The molecule has 4 nitrogen and oxygen atoms in total. The number of nitrogens with one attached hydrogen (secondary N) is 1. The van der Waals surface area contributed by atoms with E-state index in [0.717, 1.165) is 19.3 Å². The Kier molecular flexibility index (Phi) is 3.25. The van der Waals surface area contributed by atoms with Gasteiger partial charge in [0.05, 0.1) is 0 Å². The molecule has 0 radical (unpaired) electrons. The van der Waals surface area contributed by atoms with Crippen molar-refractivity contribution in [3.05, 3.63) is 12.2 Å². The molecule has 0 heterocycles. The smallest absolute Gasteiger partial charge is 0.278 e. The van der Waals surface area contributed by atoms with Crippen LogP contribution in [0.5, 0.6) is 0 Å². The van der Waals surface area contributed by atoms with Crippen LogP contribution in [-0.2, 0) is 10.1 Å². The van der Waals surface area contributed by atoms with Crippen molar-refractivity contribution in [3.8, 4) is 0 Å². The summed E-state index contributed by atoms with van der Waals surface area (Å²) in [5.41, 5.74) is 0. The van der Waals surface area contributed by atoms with Crippen LogP contribution in [0.25, 0.3) is 0 Å². The van der Waals surface area contributed by atoms with Gasteiger partial charge in [0.25, 0.3) is 10.1 Å². The Bertz CT molecular complexity index is 258. The summed E-state index contributed by atoms with van der Waals surface area (Å²) in [6, 6.07) is 0.0978. The second kappa shape index (κ2) is 4.02. The van der Waals surface area contributed by atoms with E-state index in [9.17, 15) is 8.42 Å². The van der Waals surface area contributed by atoms with Crippen LogP contribution >= 0.6 is 0 Å². The number of rotatable bonds is 3. The van der Waals surface area contributed by atoms with Gasteiger partial charge in [-0.05, 0) is 19.3 Å². The third kappa shape index (κ3) is 3.85. The fourth-order valence-corrected chi connectivity index (χ4v) is 1.62. The van der Waals surface area contributed by atoms with Crippen molar-refractivity contribution in [1.29, 1.82) is 0 Å². The van der Waals surface area contributed by atoms with E-state index in [1.165, 1.54) is 0 Å². The van der Waals surface area contributed by atoms with Crippen molar-refractivity contribution in [2.75, 3.05) is 5.88 Å². The molecule has 0 saturated carbocycles. The third-order valence-corrected chi connectivity index (χ3v) is 2.31. The first-order valence-electron chi connectivity index (χ1n) is 3.93. The maximum absolute atomic E-state index is 10.3. The Morgan fingerprint density at radius 2 is 2.33 bits per heavy atom. The highest BCUT2D eigenvalue weighted by molar-refractivity contribution is 7.85. The summed E-state index contributed by atoms with van der Waals surface area (Å²) in [6.45, 7) is 0. The normalized spacial score (nSPS) is 24.2. The molecule has 0 saturated heterocycles. The zero-order valence-corrected chi connectivity index (χ0v) is 7.55. The average Bonchev–Trinajstić information content (AvgIpc) is 2.02. The lowest BCUT2D eigenvalue weighted by atomic mass is 10.0. The summed E-state index contributed by atoms with van der Waals surface area (Å²) in [7, 11) is -3.87. The van der Waals surface area contributed by atoms with Crippen molar-refractivity contribution in [3.63, 3.8) is 0 Å². The Hall–Kier alpha value is -0.390. The van der Waals surface area contributed by atoms with Crippen LogP contribution in [0.1, 0.15) is 19.3 Å². The molecular formula is C7H13NO3S. The zero-order chi connectivity index (χ0) is 9.03. The van der Waals surface area contributed by atoms with E-state index >= 15 is 0 Å². The van der Waals surface area contributed by atoms with Crippen molar-refractivity contribution in [1.82, 2.24) is 5.32 Å². The molecule has 0 amide bonds. The highest BCUT2D eigenvalue weighted by atomic mass is 32.2. The van der Waals surface area contributed by atoms with Gasteiger partial charge in [0, 0.05) is 6.04 Å². The van der Waals surface area contributed by atoms with Crippen molar-refractivity contribution in [2.45, 2.75) is 25.3 Å². The minimum absolute atomic E-state index is 0.0978. The van der Waals surface area contributed by atoms with Gasteiger partial charge in [-0.2, -0.15) is 8.42 Å². The quantitative estimate of drug-likeness (QED) is 0.504. The maximum Gasteiger partial charge on any atom is 0.278 e. The van der Waals surface area contributed by atoms with Gasteiger partial charge < -0.3 is 0 Å². The number of hydrogen-bond acceptors (Lipinski definition) is 3. The largest absolute Gasteiger partial charge is 0.295 e. The van der Waals surface area contributed by atoms with E-state index in [4.69, 9.17) is 4.55 Å². The highest BCUT2D eigenvalue weighted by Gasteiger charge is 2.10. The minimum Gasteiger partial charge on any atom is -0.295 e. The minimum atomic E-state index is -3.87. The Morgan fingerprint density at radius 3 is 2.83 bits per heavy atom. The summed E-state index contributed by atoms with van der Waals surface area (Å²) in [5.74, 6) is -0.359. The topological polar surface area (TPSA) is 66.4 Å². The third-order valence-electron chi connectivity index (χ3n) is 1.78. The van der Waals surface area contributed by atoms with Crippen molar-refractivity contribution in [2.24, 2.45) is 0 Å². The van der Waals surface area contributed by atoms with Crippen LogP contribution in [0.15, 0.2) is 12.2 Å². The van der Waals surface area contributed by atoms with E-state index in [0.29, 0.717) is 0 Å². The molecule has 12 heavy (non-hydrogen) atoms. The van der Waals surface area contributed by atoms with Gasteiger partial charge in [0.1, 0.15) is 5.88 Å². The van der Waals surface area contributed by atoms with Crippen LogP contribution in [0.3, 0.4) is 0 Å². The molecule has 0 aromatic carbocycles. The fourth-order valence-electron chi connectivity index (χ4n) is 1.19. The van der Waals surface area contributed by atoms with Gasteiger partial charge in [-0.3, -0.25) is 9.87 Å². The highest BCUT2D eigenvalue weighted by Crippen LogP contribution is 2.09. The van der Waals surface area contributed by atoms with Crippen LogP contribution in [-0.4, -0.2) is 24.9 Å². The van der Waals surface area contributed by atoms with Gasteiger partial charge in [0.15, 0.2) is 0 Å². The molecule has 70 valence electrons. The van der Waals surface area contributed by atoms with Gasteiger partial charge in [-0.25, -0.2) is 0 Å². The predicted octanol–water partition coefficient (Wildman–Crippen LogP) is 0.530. The molecule has 5 heteroatoms. The lowest BCUT2D eigenvalue weighted by Crippen LogP contribution is -2.32. The molecule has 1 aliphatic carbocycles. The summed E-state index contributed by atoms with van der Waals surface area (Å²) < 4.78 is 29.1. The molecule has 0 aromatic rings. The van der Waals surface area contributed by atoms with Crippen molar-refractivity contribution >= 4 is 10.1 Å². The van der Waals surface area contributed by atoms with Gasteiger partial charge in [-0.1, -0.05) is 12.2 Å². The van der Waals surface area contributed by atoms with Gasteiger partial charge in [0.2, 0.25) is 0 Å². The summed E-state index contributed by atoms with van der Waals surface area (Å²) in [4.78, 5) is 0. The molecule has 1 aliphatic rings. The SMILES string of the molecule is O=S(=O)(O)CNC1C=CCCC1. The molecule has 0 spiro atoms. The molecule has 0 aliphatic heterocycles. The first-order valence-corrected chi connectivity index (χ1v) is 5.54. The lowest BCUT2D eigenvalue weighted by Gasteiger charge is -2.16. The Labute approximate surface area is 72.4 Å². The number of allylic oxidation sites excluding steroid dienone is 1. The van der Waals surface area contributed by atoms with E-state index in [1.54, 1.807) is 0 Å². The second-order valence-electron chi connectivity index (χ2n) is 2.90.